The second kappa shape index (κ2) is 28.7. The molecule has 1 aliphatic rings. The Kier molecular flexibility index (Phi) is 30.1. The van der Waals surface area contributed by atoms with Crippen LogP contribution in [0, 0.1) is 18.8 Å². The number of nitrogens with one attached hydrogen (secondary N) is 7. The van der Waals surface area contributed by atoms with Gasteiger partial charge in [-0.05, 0) is 31.7 Å². The third-order valence-electron chi connectivity index (χ3n) is 5.94. The van der Waals surface area contributed by atoms with Crippen LogP contribution in [0.4, 0.5) is 5.82 Å². The molecule has 1 aromatic carbocycles. The summed E-state index contributed by atoms with van der Waals surface area (Å²) in [6, 6.07) is 8.31. The summed E-state index contributed by atoms with van der Waals surface area (Å²) < 4.78 is 11.6. The van der Waals surface area contributed by atoms with Gasteiger partial charge in [0.05, 0.1) is 56.2 Å². The van der Waals surface area contributed by atoms with Crippen LogP contribution < -0.4 is 105 Å². The maximum Gasteiger partial charge on any atom is 1.00 e. The number of hydrogen-bond donors (Lipinski definition) is 6. The summed E-state index contributed by atoms with van der Waals surface area (Å²) in [6.45, 7) is 1.79. The fourth-order valence-corrected chi connectivity index (χ4v) is 4.80. The van der Waals surface area contributed by atoms with Crippen LogP contribution in [0.2, 0.25) is 0 Å². The van der Waals surface area contributed by atoms with Gasteiger partial charge >= 0.3 is 68.9 Å². The van der Waals surface area contributed by atoms with Crippen LogP contribution in [0.3, 0.4) is 0 Å². The number of H-pyrrole nitrogens is 1. The number of nitrogens with two attached hydrogens (primary N) is 1. The number of rotatable bonds is 15. The number of nitriles is 1. The number of methoxy groups -OCH3 is 1. The number of hydrogen-bond acceptors (Lipinski definition) is 13. The van der Waals surface area contributed by atoms with Crippen LogP contribution in [0.1, 0.15) is 19.8 Å². The SMILES string of the molecule is CC([NH-])=O.COc1cccc(OCCCNC(=O)C(SC)C(CC([NH-])=O)NC(=O)CN)c1-c1cc(NC2=NC=C(C#N)NC2)n[nH]1.[CH3-].[Cs+].[Pd].[Pd]. The van der Waals surface area contributed by atoms with Crippen LogP contribution in [-0.2, 0) is 60.0 Å². The van der Waals surface area contributed by atoms with Crippen molar-refractivity contribution >= 4 is 47.0 Å². The fourth-order valence-electron chi connectivity index (χ4n) is 4.01. The molecule has 2 unspecified atom stereocenters. The Morgan fingerprint density at radius 3 is 2.40 bits per heavy atom. The molecule has 2 atom stereocenters. The first kappa shape index (κ1) is 52.5. The van der Waals surface area contributed by atoms with Gasteiger partial charge in [-0.2, -0.15) is 10.4 Å². The van der Waals surface area contributed by atoms with Gasteiger partial charge in [-0.15, -0.1) is 11.8 Å². The van der Waals surface area contributed by atoms with Crippen molar-refractivity contribution in [2.45, 2.75) is 31.1 Å². The number of amides is 4. The summed E-state index contributed by atoms with van der Waals surface area (Å²) in [6.07, 6.45) is 3.28. The van der Waals surface area contributed by atoms with E-state index in [0.717, 1.165) is 0 Å². The standard InChI is InChI=1S/C26H34N10O5S.C2H5NO.CH3.Cs.2Pd/c1-40-18-5-3-6-19(24(18)16-10-21(36-35-16)34-22-14-31-15(11-27)13-32-22)41-8-4-7-30-26(39)25(42-2)17(9-20(29)37)33-23(38)12-28;1-2(3)4;;;;/h3,5-6,10,13,17,25,31H,4,7-9,12,14,28H2,1-2H3,(H6,29,30,32,33,34,35,36,37,38,39);1H3,(H2,3,4);1H3;;;/q;;-1;+1;;/p-2. The van der Waals surface area contributed by atoms with E-state index >= 15 is 0 Å². The van der Waals surface area contributed by atoms with Crippen molar-refractivity contribution in [1.82, 2.24) is 26.1 Å². The number of aromatic amines is 1. The van der Waals surface area contributed by atoms with E-state index in [0.29, 0.717) is 53.1 Å². The van der Waals surface area contributed by atoms with Crippen molar-refractivity contribution in [3.8, 4) is 28.8 Å². The Balaban J connectivity index is -0.00000262. The maximum atomic E-state index is 12.8. The third-order valence-corrected chi connectivity index (χ3v) is 6.99. The van der Waals surface area contributed by atoms with Crippen molar-refractivity contribution in [2.75, 3.05) is 44.9 Å². The molecule has 0 saturated heterocycles. The molecule has 0 radical (unpaired) electrons. The maximum absolute atomic E-state index is 12.8. The molecule has 21 heteroatoms. The number of amidine groups is 1. The van der Waals surface area contributed by atoms with Crippen molar-refractivity contribution in [2.24, 2.45) is 10.7 Å². The Hall–Kier alpha value is -1.90. The molecule has 0 fully saturated rings. The summed E-state index contributed by atoms with van der Waals surface area (Å²) in [5.74, 6) is -0.159. The topological polar surface area (TPSA) is 273 Å². The quantitative estimate of drug-likeness (QED) is 0.0708. The minimum atomic E-state index is -0.891. The zero-order valence-electron chi connectivity index (χ0n) is 28.2. The number of ether oxygens (including phenoxy) is 2. The molecule has 2 heterocycles. The first-order chi connectivity index (χ1) is 22.0. The monoisotopic (exact) mass is 1020 g/mol. The fraction of sp³-hybridized carbons (Fsp3) is 0.379. The van der Waals surface area contributed by atoms with E-state index in [1.165, 1.54) is 24.9 Å². The second-order valence-corrected chi connectivity index (χ2v) is 10.4. The van der Waals surface area contributed by atoms with Crippen molar-refractivity contribution < 1.29 is 138 Å². The van der Waals surface area contributed by atoms with Crippen LogP contribution in [-0.4, -0.2) is 90.6 Å². The molecule has 3 rings (SSSR count). The number of aliphatic imine (C=N–C) groups is 1. The van der Waals surface area contributed by atoms with Crippen LogP contribution in [0.25, 0.3) is 22.7 Å². The normalized spacial score (nSPS) is 12.1. The van der Waals surface area contributed by atoms with Crippen molar-refractivity contribution in [1.29, 1.82) is 5.26 Å². The predicted molar refractivity (Wildman–Crippen MR) is 180 cm³/mol. The number of benzene rings is 1. The number of allylic oxidation sites excluding steroid dienone is 1. The molecule has 0 spiro atoms. The average Bonchev–Trinajstić information content (AvgIpc) is 3.48. The Bertz CT molecular complexity index is 1490. The Labute approximate surface area is 382 Å². The molecule has 4 amide bonds. The summed E-state index contributed by atoms with van der Waals surface area (Å²) in [7, 11) is 1.55. The zero-order valence-corrected chi connectivity index (χ0v) is 38.4. The molecule has 50 heavy (non-hydrogen) atoms. The van der Waals surface area contributed by atoms with Crippen LogP contribution in [0.15, 0.2) is 41.2 Å². The van der Waals surface area contributed by atoms with Gasteiger partial charge in [-0.1, -0.05) is 6.07 Å². The molecule has 1 aromatic heterocycles. The molecule has 0 bridgehead atoms. The number of nitrogens with zero attached hydrogens (tertiary/aromatic N) is 3. The minimum Gasteiger partial charge on any atom is -0.668 e. The second-order valence-electron chi connectivity index (χ2n) is 9.42. The van der Waals surface area contributed by atoms with Gasteiger partial charge in [0.2, 0.25) is 11.8 Å². The van der Waals surface area contributed by atoms with Gasteiger partial charge in [-0.25, -0.2) is 4.99 Å². The van der Waals surface area contributed by atoms with E-state index in [1.54, 1.807) is 37.6 Å². The third kappa shape index (κ3) is 18.5. The van der Waals surface area contributed by atoms with E-state index in [-0.39, 0.29) is 149 Å². The van der Waals surface area contributed by atoms with Crippen LogP contribution >= 0.6 is 11.8 Å². The van der Waals surface area contributed by atoms with Gasteiger partial charge in [-0.3, -0.25) is 14.7 Å². The van der Waals surface area contributed by atoms with Gasteiger partial charge in [0.25, 0.3) is 0 Å². The first-order valence-electron chi connectivity index (χ1n) is 13.8. The van der Waals surface area contributed by atoms with Crippen molar-refractivity contribution in [3.63, 3.8) is 0 Å². The van der Waals surface area contributed by atoms with E-state index in [4.69, 9.17) is 36.7 Å². The molecule has 17 nitrogen and oxygen atoms in total. The average molecular weight is 1020 g/mol. The molecule has 9 N–H and O–H groups in total. The molecule has 2 aromatic rings. The number of anilines is 1. The van der Waals surface area contributed by atoms with Gasteiger partial charge in [0.1, 0.15) is 34.4 Å². The minimum absolute atomic E-state index is 0. The Morgan fingerprint density at radius 2 is 1.86 bits per heavy atom. The summed E-state index contributed by atoms with van der Waals surface area (Å²) in [4.78, 5) is 49.3. The van der Waals surface area contributed by atoms with Crippen LogP contribution in [0.5, 0.6) is 11.5 Å². The number of aromatic nitrogens is 2. The van der Waals surface area contributed by atoms with Crippen molar-refractivity contribution in [3.05, 3.63) is 55.1 Å². The summed E-state index contributed by atoms with van der Waals surface area (Å²) in [5.41, 5.74) is 20.2. The van der Waals surface area contributed by atoms with Gasteiger partial charge in [0, 0.05) is 65.8 Å². The predicted octanol–water partition coefficient (Wildman–Crippen LogP) is -1.07. The summed E-state index contributed by atoms with van der Waals surface area (Å²) in [5, 5.41) is 26.8. The first-order valence-corrected chi connectivity index (χ1v) is 15.1. The number of carbonyl (C=O) groups excluding carboxylic acids is 4. The largest absolute Gasteiger partial charge is 1.00 e. The number of thioether (sulfide) groups is 1. The molecule has 276 valence electrons. The van der Waals surface area contributed by atoms with E-state index in [1.807, 2.05) is 6.07 Å². The molecular formula is C29H40CsN11O6Pd2S-2. The molecule has 0 aliphatic carbocycles. The van der Waals surface area contributed by atoms with Gasteiger partial charge in [0.15, 0.2) is 5.82 Å². The van der Waals surface area contributed by atoms with Gasteiger partial charge < -0.3 is 65.0 Å². The van der Waals surface area contributed by atoms with E-state index in [2.05, 4.69) is 36.5 Å². The Morgan fingerprint density at radius 1 is 1.20 bits per heavy atom. The molecular weight excluding hydrogens is 976 g/mol. The zero-order chi connectivity index (χ0) is 34.1. The van der Waals surface area contributed by atoms with E-state index in [9.17, 15) is 14.4 Å². The van der Waals surface area contributed by atoms with E-state index < -0.39 is 29.0 Å². The number of carbonyl (C=O) groups is 4. The molecule has 1 aliphatic heterocycles. The smallest absolute Gasteiger partial charge is 0.668 e. The molecule has 0 saturated carbocycles. The summed E-state index contributed by atoms with van der Waals surface area (Å²) >= 11 is 1.17.